The molecule has 0 saturated heterocycles. The van der Waals surface area contributed by atoms with Crippen LogP contribution in [0.2, 0.25) is 0 Å². The third-order valence-electron chi connectivity index (χ3n) is 2.12. The maximum atomic E-state index is 11.4. The number of carbonyl (C=O) groups is 1. The molecule has 0 fully saturated rings. The zero-order valence-electron chi connectivity index (χ0n) is 10.0. The molecule has 1 aromatic heterocycles. The van der Waals surface area contributed by atoms with E-state index in [9.17, 15) is 4.79 Å². The van der Waals surface area contributed by atoms with Crippen molar-refractivity contribution in [3.63, 3.8) is 0 Å². The van der Waals surface area contributed by atoms with Gasteiger partial charge in [0, 0.05) is 13.1 Å². The van der Waals surface area contributed by atoms with Crippen molar-refractivity contribution < 1.29 is 13.9 Å². The Morgan fingerprint density at radius 2 is 2.25 bits per heavy atom. The molecule has 0 aliphatic carbocycles. The van der Waals surface area contributed by atoms with Crippen molar-refractivity contribution >= 4 is 12.0 Å². The Labute approximate surface area is 95.4 Å². The Bertz CT molecular complexity index is 336. The van der Waals surface area contributed by atoms with Crippen molar-refractivity contribution in [3.05, 3.63) is 12.0 Å². The highest BCUT2D eigenvalue weighted by Crippen LogP contribution is 2.14. The smallest absolute Gasteiger partial charge is 0.360 e. The third kappa shape index (κ3) is 2.98. The number of ether oxygens (including phenoxy) is 1. The largest absolute Gasteiger partial charge is 0.461 e. The highest BCUT2D eigenvalue weighted by atomic mass is 16.5. The van der Waals surface area contributed by atoms with E-state index in [0.29, 0.717) is 12.6 Å². The maximum Gasteiger partial charge on any atom is 0.360 e. The highest BCUT2D eigenvalue weighted by Gasteiger charge is 2.16. The van der Waals surface area contributed by atoms with Crippen LogP contribution in [0.5, 0.6) is 0 Å². The highest BCUT2D eigenvalue weighted by molar-refractivity contribution is 5.87. The number of aromatic nitrogens is 1. The van der Waals surface area contributed by atoms with E-state index in [1.54, 1.807) is 6.92 Å². The minimum absolute atomic E-state index is 0.228. The van der Waals surface area contributed by atoms with Crippen LogP contribution in [0.3, 0.4) is 0 Å². The second-order valence-electron chi connectivity index (χ2n) is 3.32. The Morgan fingerprint density at radius 1 is 1.50 bits per heavy atom. The molecule has 0 unspecified atom stereocenters. The summed E-state index contributed by atoms with van der Waals surface area (Å²) in [4.78, 5) is 17.4. The van der Waals surface area contributed by atoms with Gasteiger partial charge in [-0.3, -0.25) is 0 Å². The fraction of sp³-hybridized carbons (Fsp3) is 0.636. The first kappa shape index (κ1) is 12.5. The van der Waals surface area contributed by atoms with Crippen molar-refractivity contribution in [2.75, 3.05) is 24.6 Å². The zero-order chi connectivity index (χ0) is 12.0. The summed E-state index contributed by atoms with van der Waals surface area (Å²) in [5.74, 6) is -0.440. The van der Waals surface area contributed by atoms with E-state index in [1.807, 2.05) is 11.8 Å². The molecular formula is C11H18N2O3. The molecule has 0 atom stereocenters. The SMILES string of the molecule is CCCN(CC)c1nc(C(=O)OCC)co1. The van der Waals surface area contributed by atoms with E-state index in [2.05, 4.69) is 11.9 Å². The van der Waals surface area contributed by atoms with Gasteiger partial charge in [0.2, 0.25) is 0 Å². The predicted molar refractivity (Wildman–Crippen MR) is 60.6 cm³/mol. The summed E-state index contributed by atoms with van der Waals surface area (Å²) in [7, 11) is 0. The number of esters is 1. The maximum absolute atomic E-state index is 11.4. The van der Waals surface area contributed by atoms with Gasteiger partial charge in [0.1, 0.15) is 6.26 Å². The fourth-order valence-electron chi connectivity index (χ4n) is 1.37. The number of anilines is 1. The number of hydrogen-bond donors (Lipinski definition) is 0. The predicted octanol–water partition coefficient (Wildman–Crippen LogP) is 2.09. The second-order valence-corrected chi connectivity index (χ2v) is 3.32. The average Bonchev–Trinajstić information content (AvgIpc) is 2.75. The van der Waals surface area contributed by atoms with E-state index < -0.39 is 5.97 Å². The van der Waals surface area contributed by atoms with E-state index >= 15 is 0 Å². The van der Waals surface area contributed by atoms with Crippen LogP contribution >= 0.6 is 0 Å². The van der Waals surface area contributed by atoms with Gasteiger partial charge in [-0.1, -0.05) is 6.92 Å². The van der Waals surface area contributed by atoms with E-state index in [4.69, 9.17) is 9.15 Å². The first-order chi connectivity index (χ1) is 7.72. The van der Waals surface area contributed by atoms with Crippen LogP contribution in [0.4, 0.5) is 6.01 Å². The summed E-state index contributed by atoms with van der Waals surface area (Å²) in [6, 6.07) is 0.479. The van der Waals surface area contributed by atoms with E-state index in [0.717, 1.165) is 19.5 Å². The molecule has 0 amide bonds. The van der Waals surface area contributed by atoms with Crippen molar-refractivity contribution in [1.29, 1.82) is 0 Å². The van der Waals surface area contributed by atoms with Gasteiger partial charge >= 0.3 is 5.97 Å². The molecular weight excluding hydrogens is 208 g/mol. The summed E-state index contributed by atoms with van der Waals surface area (Å²) in [6.07, 6.45) is 2.34. The summed E-state index contributed by atoms with van der Waals surface area (Å²) in [6.45, 7) is 7.86. The molecule has 0 saturated carbocycles. The minimum atomic E-state index is -0.440. The van der Waals surface area contributed by atoms with Crippen LogP contribution in [0.25, 0.3) is 0 Å². The number of carbonyl (C=O) groups excluding carboxylic acids is 1. The molecule has 0 aromatic carbocycles. The molecule has 1 heterocycles. The van der Waals surface area contributed by atoms with Crippen molar-refractivity contribution in [1.82, 2.24) is 4.98 Å². The molecule has 0 aliphatic rings. The molecule has 1 rings (SSSR count). The summed E-state index contributed by atoms with van der Waals surface area (Å²) in [5.41, 5.74) is 0.228. The van der Waals surface area contributed by atoms with Crippen molar-refractivity contribution in [2.45, 2.75) is 27.2 Å². The van der Waals surface area contributed by atoms with Gasteiger partial charge in [0.25, 0.3) is 6.01 Å². The number of rotatable bonds is 6. The van der Waals surface area contributed by atoms with Gasteiger partial charge in [-0.25, -0.2) is 4.79 Å². The molecule has 0 radical (unpaired) electrons. The molecule has 1 aromatic rings. The first-order valence-electron chi connectivity index (χ1n) is 5.60. The summed E-state index contributed by atoms with van der Waals surface area (Å²) in [5, 5.41) is 0. The standard InChI is InChI=1S/C11H18N2O3/c1-4-7-13(5-2)11-12-9(8-16-11)10(14)15-6-3/h8H,4-7H2,1-3H3. The van der Waals surface area contributed by atoms with Crippen LogP contribution in [-0.2, 0) is 4.74 Å². The molecule has 0 spiro atoms. The first-order valence-corrected chi connectivity index (χ1v) is 5.60. The van der Waals surface area contributed by atoms with Crippen LogP contribution in [0, 0.1) is 0 Å². The molecule has 0 bridgehead atoms. The van der Waals surface area contributed by atoms with Gasteiger partial charge < -0.3 is 14.1 Å². The average molecular weight is 226 g/mol. The zero-order valence-corrected chi connectivity index (χ0v) is 10.0. The van der Waals surface area contributed by atoms with Crippen LogP contribution < -0.4 is 4.90 Å². The molecule has 90 valence electrons. The normalized spacial score (nSPS) is 10.2. The molecule has 0 N–H and O–H groups in total. The Morgan fingerprint density at radius 3 is 2.81 bits per heavy atom. The summed E-state index contributed by atoms with van der Waals surface area (Å²) < 4.78 is 10.1. The van der Waals surface area contributed by atoms with Crippen LogP contribution in [-0.4, -0.2) is 30.6 Å². The molecule has 5 nitrogen and oxygen atoms in total. The molecule has 5 heteroatoms. The lowest BCUT2D eigenvalue weighted by Crippen LogP contribution is -2.23. The minimum Gasteiger partial charge on any atom is -0.461 e. The Kier molecular flexibility index (Phi) is 4.82. The van der Waals surface area contributed by atoms with E-state index in [1.165, 1.54) is 6.26 Å². The molecule has 16 heavy (non-hydrogen) atoms. The fourth-order valence-corrected chi connectivity index (χ4v) is 1.37. The van der Waals surface area contributed by atoms with Crippen LogP contribution in [0.1, 0.15) is 37.7 Å². The van der Waals surface area contributed by atoms with Crippen molar-refractivity contribution in [3.8, 4) is 0 Å². The second kappa shape index (κ2) is 6.15. The van der Waals surface area contributed by atoms with Gasteiger partial charge in [-0.15, -0.1) is 0 Å². The lowest BCUT2D eigenvalue weighted by atomic mass is 10.4. The van der Waals surface area contributed by atoms with Gasteiger partial charge in [-0.2, -0.15) is 4.98 Å². The monoisotopic (exact) mass is 226 g/mol. The van der Waals surface area contributed by atoms with Crippen LogP contribution in [0.15, 0.2) is 10.7 Å². The van der Waals surface area contributed by atoms with Crippen molar-refractivity contribution in [2.24, 2.45) is 0 Å². The lowest BCUT2D eigenvalue weighted by molar-refractivity contribution is 0.0519. The number of nitrogens with zero attached hydrogens (tertiary/aromatic N) is 2. The van der Waals surface area contributed by atoms with Gasteiger partial charge in [-0.05, 0) is 20.3 Å². The van der Waals surface area contributed by atoms with E-state index in [-0.39, 0.29) is 5.69 Å². The lowest BCUT2D eigenvalue weighted by Gasteiger charge is -2.16. The number of hydrogen-bond acceptors (Lipinski definition) is 5. The Balaban J connectivity index is 2.72. The number of oxazole rings is 1. The summed E-state index contributed by atoms with van der Waals surface area (Å²) >= 11 is 0. The topological polar surface area (TPSA) is 55.6 Å². The molecule has 0 aliphatic heterocycles. The van der Waals surface area contributed by atoms with Gasteiger partial charge in [0.15, 0.2) is 5.69 Å². The third-order valence-corrected chi connectivity index (χ3v) is 2.12. The Hall–Kier alpha value is -1.52. The quantitative estimate of drug-likeness (QED) is 0.695. The van der Waals surface area contributed by atoms with Gasteiger partial charge in [0.05, 0.1) is 6.61 Å².